The van der Waals surface area contributed by atoms with Crippen molar-refractivity contribution in [1.82, 2.24) is 20.5 Å². The summed E-state index contributed by atoms with van der Waals surface area (Å²) in [5.41, 5.74) is 1.60. The maximum Gasteiger partial charge on any atom is 0.252 e. The van der Waals surface area contributed by atoms with E-state index in [-0.39, 0.29) is 30.1 Å². The van der Waals surface area contributed by atoms with E-state index in [1.54, 1.807) is 12.4 Å². The number of carbonyl (C=O) groups excluding carboxylic acids is 1. The molecule has 0 spiro atoms. The van der Waals surface area contributed by atoms with Gasteiger partial charge in [0.1, 0.15) is 5.82 Å². The van der Waals surface area contributed by atoms with Gasteiger partial charge in [0.15, 0.2) is 0 Å². The van der Waals surface area contributed by atoms with Crippen molar-refractivity contribution < 1.29 is 14.3 Å². The molecule has 2 aliphatic rings. The predicted octanol–water partition coefficient (Wildman–Crippen LogP) is 2.32. The number of pyridine rings is 1. The van der Waals surface area contributed by atoms with E-state index < -0.39 is 0 Å². The minimum absolute atomic E-state index is 0.0337. The van der Waals surface area contributed by atoms with Crippen LogP contribution in [0.15, 0.2) is 30.7 Å². The average molecular weight is 399 g/mol. The van der Waals surface area contributed by atoms with E-state index in [0.29, 0.717) is 12.1 Å². The summed E-state index contributed by atoms with van der Waals surface area (Å²) in [6, 6.07) is 3.76. The number of aromatic amines is 1. The van der Waals surface area contributed by atoms with E-state index in [1.807, 2.05) is 18.3 Å². The van der Waals surface area contributed by atoms with Crippen LogP contribution in [0.25, 0.3) is 0 Å². The van der Waals surface area contributed by atoms with Crippen LogP contribution in [-0.2, 0) is 9.47 Å². The molecule has 2 N–H and O–H groups in total. The summed E-state index contributed by atoms with van der Waals surface area (Å²) in [5, 5.41) is 9.91. The molecule has 29 heavy (non-hydrogen) atoms. The number of nitrogens with zero attached hydrogens (tertiary/aromatic N) is 3. The SMILES string of the molecule is CC1CN(c2ccc(C(=O)NC[C@@H]3CCCO[C@H]3c3cn[nH]c3)cn2)CC(C)O1. The normalized spacial score (nSPS) is 27.6. The molecule has 1 amide bonds. The Kier molecular flexibility index (Phi) is 6.10. The number of amides is 1. The molecule has 4 atom stereocenters. The van der Waals surface area contributed by atoms with Crippen LogP contribution >= 0.6 is 0 Å². The number of H-pyrrole nitrogens is 1. The Labute approximate surface area is 171 Å². The first-order chi connectivity index (χ1) is 14.1. The third kappa shape index (κ3) is 4.76. The van der Waals surface area contributed by atoms with Crippen molar-refractivity contribution in [2.24, 2.45) is 5.92 Å². The van der Waals surface area contributed by atoms with Gasteiger partial charge in [-0.05, 0) is 38.8 Å². The predicted molar refractivity (Wildman–Crippen MR) is 109 cm³/mol. The van der Waals surface area contributed by atoms with Gasteiger partial charge in [0, 0.05) is 50.1 Å². The summed E-state index contributed by atoms with van der Waals surface area (Å²) in [6.45, 7) is 7.05. The smallest absolute Gasteiger partial charge is 0.252 e. The highest BCUT2D eigenvalue weighted by molar-refractivity contribution is 5.94. The quantitative estimate of drug-likeness (QED) is 0.802. The number of ether oxygens (including phenoxy) is 2. The summed E-state index contributed by atoms with van der Waals surface area (Å²) in [5.74, 6) is 1.00. The Morgan fingerprint density at radius 3 is 2.79 bits per heavy atom. The van der Waals surface area contributed by atoms with Gasteiger partial charge >= 0.3 is 0 Å². The van der Waals surface area contributed by atoms with E-state index in [9.17, 15) is 4.79 Å². The number of hydrogen-bond donors (Lipinski definition) is 2. The molecule has 0 aromatic carbocycles. The first-order valence-electron chi connectivity index (χ1n) is 10.3. The lowest BCUT2D eigenvalue weighted by Gasteiger charge is -2.36. The van der Waals surface area contributed by atoms with E-state index >= 15 is 0 Å². The van der Waals surface area contributed by atoms with Crippen molar-refractivity contribution in [3.63, 3.8) is 0 Å². The zero-order valence-corrected chi connectivity index (χ0v) is 17.0. The highest BCUT2D eigenvalue weighted by atomic mass is 16.5. The molecule has 2 fully saturated rings. The molecule has 0 aliphatic carbocycles. The minimum atomic E-state index is -0.107. The lowest BCUT2D eigenvalue weighted by atomic mass is 9.91. The molecule has 2 unspecified atom stereocenters. The number of nitrogens with one attached hydrogen (secondary N) is 2. The van der Waals surface area contributed by atoms with Crippen LogP contribution in [0.3, 0.4) is 0 Å². The highest BCUT2D eigenvalue weighted by Crippen LogP contribution is 2.32. The fraction of sp³-hybridized carbons (Fsp3) is 0.571. The topological polar surface area (TPSA) is 92.4 Å². The van der Waals surface area contributed by atoms with Crippen molar-refractivity contribution in [2.75, 3.05) is 31.1 Å². The highest BCUT2D eigenvalue weighted by Gasteiger charge is 2.29. The molecule has 0 bridgehead atoms. The molecule has 2 aliphatic heterocycles. The maximum absolute atomic E-state index is 12.6. The molecule has 0 saturated carbocycles. The standard InChI is InChI=1S/C21H29N5O3/c1-14-12-26(13-15(2)29-14)19-6-5-17(9-22-19)21(27)23-8-16-4-3-7-28-20(16)18-10-24-25-11-18/h5-6,9-11,14-16,20H,3-4,7-8,12-13H2,1-2H3,(H,23,27)(H,24,25)/t14?,15?,16-,20+/m0/s1. The van der Waals surface area contributed by atoms with E-state index in [2.05, 4.69) is 39.2 Å². The van der Waals surface area contributed by atoms with Gasteiger partial charge in [-0.1, -0.05) is 0 Å². The summed E-state index contributed by atoms with van der Waals surface area (Å²) in [7, 11) is 0. The molecule has 8 nitrogen and oxygen atoms in total. The minimum Gasteiger partial charge on any atom is -0.373 e. The number of carbonyl (C=O) groups is 1. The third-order valence-electron chi connectivity index (χ3n) is 5.57. The van der Waals surface area contributed by atoms with Crippen LogP contribution in [0.1, 0.15) is 48.7 Å². The zero-order valence-electron chi connectivity index (χ0n) is 17.0. The molecular formula is C21H29N5O3. The molecule has 2 aromatic rings. The molecule has 4 rings (SSSR count). The first-order valence-corrected chi connectivity index (χ1v) is 10.3. The summed E-state index contributed by atoms with van der Waals surface area (Å²) in [4.78, 5) is 19.3. The Hall–Kier alpha value is -2.45. The van der Waals surface area contributed by atoms with Crippen molar-refractivity contribution in [2.45, 2.75) is 45.0 Å². The van der Waals surface area contributed by atoms with Crippen LogP contribution in [-0.4, -0.2) is 59.5 Å². The molecule has 2 aromatic heterocycles. The largest absolute Gasteiger partial charge is 0.373 e. The van der Waals surface area contributed by atoms with Gasteiger partial charge in [0.2, 0.25) is 0 Å². The number of hydrogen-bond acceptors (Lipinski definition) is 6. The Bertz CT molecular complexity index is 785. The van der Waals surface area contributed by atoms with Gasteiger partial charge in [-0.25, -0.2) is 4.98 Å². The second-order valence-electron chi connectivity index (χ2n) is 8.00. The molecule has 0 radical (unpaired) electrons. The van der Waals surface area contributed by atoms with E-state index in [4.69, 9.17) is 9.47 Å². The Morgan fingerprint density at radius 1 is 1.28 bits per heavy atom. The molecule has 2 saturated heterocycles. The number of anilines is 1. The Morgan fingerprint density at radius 2 is 2.10 bits per heavy atom. The molecular weight excluding hydrogens is 370 g/mol. The summed E-state index contributed by atoms with van der Waals surface area (Å²) in [6.07, 6.45) is 7.63. The second kappa shape index (κ2) is 8.92. The van der Waals surface area contributed by atoms with Crippen molar-refractivity contribution in [3.05, 3.63) is 41.9 Å². The maximum atomic E-state index is 12.6. The Balaban J connectivity index is 1.35. The average Bonchev–Trinajstić information content (AvgIpc) is 3.26. The number of morpholine rings is 1. The summed E-state index contributed by atoms with van der Waals surface area (Å²) < 4.78 is 11.7. The van der Waals surface area contributed by atoms with Crippen LogP contribution in [0.4, 0.5) is 5.82 Å². The van der Waals surface area contributed by atoms with Gasteiger partial charge in [-0.2, -0.15) is 5.10 Å². The van der Waals surface area contributed by atoms with Crippen molar-refractivity contribution in [1.29, 1.82) is 0 Å². The summed E-state index contributed by atoms with van der Waals surface area (Å²) >= 11 is 0. The van der Waals surface area contributed by atoms with Crippen molar-refractivity contribution in [3.8, 4) is 0 Å². The number of aromatic nitrogens is 3. The van der Waals surface area contributed by atoms with Crippen LogP contribution < -0.4 is 10.2 Å². The van der Waals surface area contributed by atoms with E-state index in [1.165, 1.54) is 0 Å². The second-order valence-corrected chi connectivity index (χ2v) is 8.00. The fourth-order valence-electron chi connectivity index (χ4n) is 4.24. The molecule has 8 heteroatoms. The van der Waals surface area contributed by atoms with Gasteiger partial charge < -0.3 is 19.7 Å². The lowest BCUT2D eigenvalue weighted by molar-refractivity contribution is -0.0272. The number of rotatable bonds is 5. The third-order valence-corrected chi connectivity index (χ3v) is 5.57. The van der Waals surface area contributed by atoms with Crippen molar-refractivity contribution >= 4 is 11.7 Å². The van der Waals surface area contributed by atoms with Crippen LogP contribution in [0, 0.1) is 5.92 Å². The van der Waals surface area contributed by atoms with Gasteiger partial charge in [-0.3, -0.25) is 9.89 Å². The fourth-order valence-corrected chi connectivity index (χ4v) is 4.24. The van der Waals surface area contributed by atoms with E-state index in [0.717, 1.165) is 43.9 Å². The van der Waals surface area contributed by atoms with Gasteiger partial charge in [-0.15, -0.1) is 0 Å². The van der Waals surface area contributed by atoms with Crippen LogP contribution in [0.2, 0.25) is 0 Å². The zero-order chi connectivity index (χ0) is 20.2. The first kappa shape index (κ1) is 19.8. The monoisotopic (exact) mass is 399 g/mol. The van der Waals surface area contributed by atoms with Crippen LogP contribution in [0.5, 0.6) is 0 Å². The van der Waals surface area contributed by atoms with Gasteiger partial charge in [0.25, 0.3) is 5.91 Å². The lowest BCUT2D eigenvalue weighted by Crippen LogP contribution is -2.45. The molecule has 4 heterocycles. The molecule has 156 valence electrons. The van der Waals surface area contributed by atoms with Gasteiger partial charge in [0.05, 0.1) is 30.1 Å².